The molecule has 1 aliphatic rings. The van der Waals surface area contributed by atoms with Crippen LogP contribution in [0, 0.1) is 5.82 Å². The Morgan fingerprint density at radius 3 is 2.60 bits per heavy atom. The van der Waals surface area contributed by atoms with Gasteiger partial charge in [0, 0.05) is 17.6 Å². The number of halogens is 1. The number of carbonyl (C=O) groups is 1. The number of hydrogen-bond acceptors (Lipinski definition) is 8. The summed E-state index contributed by atoms with van der Waals surface area (Å²) in [5.74, 6) is -0.0671. The zero-order valence-electron chi connectivity index (χ0n) is 17.4. The summed E-state index contributed by atoms with van der Waals surface area (Å²) in [7, 11) is -3.40. The van der Waals surface area contributed by atoms with Crippen molar-refractivity contribution in [3.63, 3.8) is 0 Å². The maximum Gasteiger partial charge on any atom is 0.293 e. The second-order valence-corrected chi connectivity index (χ2v) is 10.2. The Morgan fingerprint density at radius 2 is 2.07 bits per heavy atom. The highest BCUT2D eigenvalue weighted by Crippen LogP contribution is 2.28. The third-order valence-electron chi connectivity index (χ3n) is 4.41. The molecule has 0 spiro atoms. The third-order valence-corrected chi connectivity index (χ3v) is 6.58. The van der Waals surface area contributed by atoms with E-state index in [1.165, 1.54) is 12.1 Å². The zero-order chi connectivity index (χ0) is 22.1. The van der Waals surface area contributed by atoms with Gasteiger partial charge in [0.05, 0.1) is 33.9 Å². The summed E-state index contributed by atoms with van der Waals surface area (Å²) in [6.07, 6.45) is 3.29. The van der Waals surface area contributed by atoms with Crippen LogP contribution >= 0.6 is 11.3 Å². The van der Waals surface area contributed by atoms with E-state index in [4.69, 9.17) is 0 Å². The molecule has 166 valence electrons. The predicted molar refractivity (Wildman–Crippen MR) is 116 cm³/mol. The molecule has 1 aromatic carbocycles. The van der Waals surface area contributed by atoms with Crippen molar-refractivity contribution in [3.05, 3.63) is 40.1 Å². The number of benzene rings is 1. The molecule has 0 bridgehead atoms. The molecule has 0 aliphatic carbocycles. The van der Waals surface area contributed by atoms with Crippen LogP contribution in [0.25, 0.3) is 0 Å². The fraction of sp³-hybridized carbons (Fsp3) is 0.500. The molecule has 7 nitrogen and oxygen atoms in total. The van der Waals surface area contributed by atoms with Crippen LogP contribution in [0.15, 0.2) is 28.5 Å². The Morgan fingerprint density at radius 1 is 1.37 bits per heavy atom. The summed E-state index contributed by atoms with van der Waals surface area (Å²) in [5, 5.41) is 9.46. The van der Waals surface area contributed by atoms with Crippen LogP contribution in [0.2, 0.25) is 0 Å². The molecular weight excluding hydrogens is 429 g/mol. The average Bonchev–Trinajstić information content (AvgIpc) is 3.16. The molecule has 0 amide bonds. The summed E-state index contributed by atoms with van der Waals surface area (Å²) in [6, 6.07) is 3.90. The van der Waals surface area contributed by atoms with Gasteiger partial charge >= 0.3 is 0 Å². The van der Waals surface area contributed by atoms with Gasteiger partial charge in [-0.1, -0.05) is 0 Å². The molecule has 1 aliphatic heterocycles. The van der Waals surface area contributed by atoms with Gasteiger partial charge in [0.1, 0.15) is 5.82 Å². The van der Waals surface area contributed by atoms with Crippen LogP contribution in [0.4, 0.5) is 10.1 Å². The summed E-state index contributed by atoms with van der Waals surface area (Å²) >= 11 is 1.65. The van der Waals surface area contributed by atoms with Crippen molar-refractivity contribution < 1.29 is 22.3 Å². The molecule has 0 radical (unpaired) electrons. The first-order valence-electron chi connectivity index (χ1n) is 9.68. The smallest absolute Gasteiger partial charge is 0.293 e. The van der Waals surface area contributed by atoms with Gasteiger partial charge in [-0.25, -0.2) is 17.8 Å². The first-order valence-corrected chi connectivity index (χ1v) is 12.5. The highest BCUT2D eigenvalue weighted by atomic mass is 32.2. The average molecular weight is 458 g/mol. The second kappa shape index (κ2) is 11.4. The standard InChI is InChI=1S/C16H20FN3O2S2.C4H8O2/c1-24(21,22)13-2-3-15(14(17)8-13)19-9-12-10-23-16(20-12)11-4-6-18-7-5-11;1-4(2)6-3-5/h2-3,8,10-11,18-19H,4-7,9H2,1H3;3-4H,1-2H3. The molecule has 2 N–H and O–H groups in total. The van der Waals surface area contributed by atoms with Crippen LogP contribution in [0.3, 0.4) is 0 Å². The number of piperidine rings is 1. The third kappa shape index (κ3) is 7.66. The molecule has 3 rings (SSSR count). The summed E-state index contributed by atoms with van der Waals surface area (Å²) in [6.45, 7) is 6.51. The quantitative estimate of drug-likeness (QED) is 0.616. The zero-order valence-corrected chi connectivity index (χ0v) is 19.0. The Kier molecular flexibility index (Phi) is 9.19. The van der Waals surface area contributed by atoms with Gasteiger partial charge in [0.2, 0.25) is 0 Å². The van der Waals surface area contributed by atoms with Crippen molar-refractivity contribution in [2.75, 3.05) is 24.7 Å². The molecular formula is C20H28FN3O4S2. The van der Waals surface area contributed by atoms with Gasteiger partial charge < -0.3 is 15.4 Å². The van der Waals surface area contributed by atoms with E-state index >= 15 is 0 Å². The maximum atomic E-state index is 14.0. The van der Waals surface area contributed by atoms with Crippen LogP contribution in [0.1, 0.15) is 43.3 Å². The van der Waals surface area contributed by atoms with Crippen LogP contribution in [0.5, 0.6) is 0 Å². The monoisotopic (exact) mass is 457 g/mol. The number of anilines is 1. The molecule has 0 unspecified atom stereocenters. The number of nitrogens with zero attached hydrogens (tertiary/aromatic N) is 1. The molecule has 1 fully saturated rings. The van der Waals surface area contributed by atoms with Gasteiger partial charge in [-0.05, 0) is 58.0 Å². The van der Waals surface area contributed by atoms with Crippen molar-refractivity contribution in [3.8, 4) is 0 Å². The number of hydrogen-bond donors (Lipinski definition) is 2. The SMILES string of the molecule is CC(C)OC=O.CS(=O)(=O)c1ccc(NCc2csc(C3CCNCC3)n2)c(F)c1. The lowest BCUT2D eigenvalue weighted by Gasteiger charge is -2.20. The van der Waals surface area contributed by atoms with Gasteiger partial charge in [0.15, 0.2) is 9.84 Å². The summed E-state index contributed by atoms with van der Waals surface area (Å²) in [4.78, 5) is 14.0. The number of carbonyl (C=O) groups excluding carboxylic acids is 1. The Balaban J connectivity index is 0.000000469. The van der Waals surface area contributed by atoms with Crippen molar-refractivity contribution in [1.29, 1.82) is 0 Å². The molecule has 0 atom stereocenters. The highest BCUT2D eigenvalue weighted by Gasteiger charge is 2.18. The van der Waals surface area contributed by atoms with Gasteiger partial charge in [-0.15, -0.1) is 11.3 Å². The van der Waals surface area contributed by atoms with E-state index in [0.717, 1.165) is 49.0 Å². The lowest BCUT2D eigenvalue weighted by Crippen LogP contribution is -2.26. The van der Waals surface area contributed by atoms with Crippen molar-refractivity contribution in [2.24, 2.45) is 0 Å². The topological polar surface area (TPSA) is 97.4 Å². The molecule has 0 saturated carbocycles. The minimum atomic E-state index is -3.40. The predicted octanol–water partition coefficient (Wildman–Crippen LogP) is 3.33. The van der Waals surface area contributed by atoms with Gasteiger partial charge in [-0.3, -0.25) is 4.79 Å². The summed E-state index contributed by atoms with van der Waals surface area (Å²) < 4.78 is 41.2. The number of sulfone groups is 1. The number of nitrogens with one attached hydrogen (secondary N) is 2. The molecule has 10 heteroatoms. The first kappa shape index (κ1) is 24.2. The number of ether oxygens (including phenoxy) is 1. The largest absolute Gasteiger partial charge is 0.465 e. The van der Waals surface area contributed by atoms with E-state index in [1.54, 1.807) is 25.2 Å². The fourth-order valence-corrected chi connectivity index (χ4v) is 4.45. The van der Waals surface area contributed by atoms with E-state index in [2.05, 4.69) is 20.4 Å². The number of thiazole rings is 1. The molecule has 1 saturated heterocycles. The lowest BCUT2D eigenvalue weighted by molar-refractivity contribution is -0.131. The van der Waals surface area contributed by atoms with E-state index in [-0.39, 0.29) is 16.7 Å². The van der Waals surface area contributed by atoms with Gasteiger partial charge in [-0.2, -0.15) is 0 Å². The van der Waals surface area contributed by atoms with Crippen LogP contribution in [-0.4, -0.2) is 45.3 Å². The maximum absolute atomic E-state index is 14.0. The minimum Gasteiger partial charge on any atom is -0.465 e. The fourth-order valence-electron chi connectivity index (χ4n) is 2.83. The minimum absolute atomic E-state index is 0.0209. The van der Waals surface area contributed by atoms with E-state index in [0.29, 0.717) is 18.9 Å². The second-order valence-electron chi connectivity index (χ2n) is 7.25. The Labute approximate surface area is 181 Å². The van der Waals surface area contributed by atoms with Crippen molar-refractivity contribution in [2.45, 2.75) is 50.2 Å². The van der Waals surface area contributed by atoms with Gasteiger partial charge in [0.25, 0.3) is 6.47 Å². The molecule has 30 heavy (non-hydrogen) atoms. The first-order chi connectivity index (χ1) is 14.2. The molecule has 2 aromatic rings. The number of aromatic nitrogens is 1. The normalized spacial score (nSPS) is 14.7. The van der Waals surface area contributed by atoms with Crippen LogP contribution < -0.4 is 10.6 Å². The number of rotatable bonds is 7. The lowest BCUT2D eigenvalue weighted by atomic mass is 9.99. The van der Waals surface area contributed by atoms with Crippen molar-refractivity contribution in [1.82, 2.24) is 10.3 Å². The van der Waals surface area contributed by atoms with E-state index in [9.17, 15) is 17.6 Å². The van der Waals surface area contributed by atoms with Crippen molar-refractivity contribution >= 4 is 33.3 Å². The van der Waals surface area contributed by atoms with Crippen LogP contribution in [-0.2, 0) is 25.9 Å². The Hall–Kier alpha value is -2.04. The Bertz CT molecular complexity index is 926. The van der Waals surface area contributed by atoms with E-state index in [1.807, 2.05) is 5.38 Å². The highest BCUT2D eigenvalue weighted by molar-refractivity contribution is 7.90. The molecule has 2 heterocycles. The summed E-state index contributed by atoms with van der Waals surface area (Å²) in [5.41, 5.74) is 1.15. The molecule has 1 aromatic heterocycles. The van der Waals surface area contributed by atoms with E-state index < -0.39 is 15.7 Å².